The Kier molecular flexibility index (Phi) is 3.13. The summed E-state index contributed by atoms with van der Waals surface area (Å²) in [6.07, 6.45) is 0.770. The van der Waals surface area contributed by atoms with Crippen LogP contribution in [-0.2, 0) is 13.7 Å². The molecule has 0 aliphatic heterocycles. The van der Waals surface area contributed by atoms with Crippen molar-refractivity contribution in [3.63, 3.8) is 0 Å². The first-order valence-electron chi connectivity index (χ1n) is 5.10. The molecule has 1 aromatic heterocycles. The lowest BCUT2D eigenvalue weighted by molar-refractivity contribution is 0.111. The van der Waals surface area contributed by atoms with Crippen LogP contribution in [0.1, 0.15) is 21.7 Å². The van der Waals surface area contributed by atoms with Gasteiger partial charge in [0.2, 0.25) is 5.82 Å². The molecule has 0 spiro atoms. The smallest absolute Gasteiger partial charge is 0.212 e. The molecular weight excluding hydrogens is 220 g/mol. The molecule has 88 valence electrons. The standard InChI is InChI=1S/C11H12N4O2/c1-8-3-4-10(9(5-8)6-16)17-7-11-12-14-15(2)13-11/h3-6H,7H2,1-2H3. The van der Waals surface area contributed by atoms with Gasteiger partial charge in [-0.25, -0.2) is 0 Å². The molecule has 0 amide bonds. The van der Waals surface area contributed by atoms with Crippen molar-refractivity contribution in [3.05, 3.63) is 35.2 Å². The van der Waals surface area contributed by atoms with E-state index in [4.69, 9.17) is 4.74 Å². The van der Waals surface area contributed by atoms with Crippen molar-refractivity contribution in [3.8, 4) is 5.75 Å². The normalized spacial score (nSPS) is 10.2. The number of hydrogen-bond acceptors (Lipinski definition) is 5. The number of nitrogens with zero attached hydrogens (tertiary/aromatic N) is 4. The van der Waals surface area contributed by atoms with Crippen LogP contribution in [0.4, 0.5) is 0 Å². The van der Waals surface area contributed by atoms with Gasteiger partial charge in [0.05, 0.1) is 12.6 Å². The predicted molar refractivity (Wildman–Crippen MR) is 59.7 cm³/mol. The molecule has 1 heterocycles. The minimum Gasteiger partial charge on any atom is -0.485 e. The van der Waals surface area contributed by atoms with Crippen molar-refractivity contribution in [2.75, 3.05) is 0 Å². The molecule has 0 saturated heterocycles. The van der Waals surface area contributed by atoms with Gasteiger partial charge in [0.25, 0.3) is 0 Å². The quantitative estimate of drug-likeness (QED) is 0.733. The molecule has 0 bridgehead atoms. The Morgan fingerprint density at radius 2 is 2.29 bits per heavy atom. The minimum atomic E-state index is 0.192. The van der Waals surface area contributed by atoms with E-state index in [9.17, 15) is 4.79 Å². The van der Waals surface area contributed by atoms with Gasteiger partial charge in [-0.3, -0.25) is 4.79 Å². The fourth-order valence-corrected chi connectivity index (χ4v) is 1.41. The number of carbonyl (C=O) groups excluding carboxylic acids is 1. The second kappa shape index (κ2) is 4.73. The molecule has 0 radical (unpaired) electrons. The number of aromatic nitrogens is 4. The molecular formula is C11H12N4O2. The summed E-state index contributed by atoms with van der Waals surface area (Å²) in [5, 5.41) is 11.5. The Balaban J connectivity index is 2.11. The molecule has 0 atom stereocenters. The van der Waals surface area contributed by atoms with E-state index in [0.717, 1.165) is 11.8 Å². The second-order valence-electron chi connectivity index (χ2n) is 3.64. The van der Waals surface area contributed by atoms with Crippen LogP contribution < -0.4 is 4.74 Å². The van der Waals surface area contributed by atoms with Crippen LogP contribution in [0.15, 0.2) is 18.2 Å². The van der Waals surface area contributed by atoms with Gasteiger partial charge < -0.3 is 4.74 Å². The summed E-state index contributed by atoms with van der Waals surface area (Å²) in [6, 6.07) is 5.41. The molecule has 0 saturated carbocycles. The number of hydrogen-bond donors (Lipinski definition) is 0. The number of rotatable bonds is 4. The molecule has 0 fully saturated rings. The number of aryl methyl sites for hydroxylation is 2. The zero-order valence-corrected chi connectivity index (χ0v) is 9.62. The third kappa shape index (κ3) is 2.66. The first-order valence-corrected chi connectivity index (χ1v) is 5.10. The van der Waals surface area contributed by atoms with E-state index < -0.39 is 0 Å². The van der Waals surface area contributed by atoms with Crippen LogP contribution in [0, 0.1) is 6.92 Å². The Bertz CT molecular complexity index is 536. The van der Waals surface area contributed by atoms with E-state index in [1.54, 1.807) is 19.2 Å². The fourth-order valence-electron chi connectivity index (χ4n) is 1.41. The highest BCUT2D eigenvalue weighted by atomic mass is 16.5. The summed E-state index contributed by atoms with van der Waals surface area (Å²) < 4.78 is 5.47. The summed E-state index contributed by atoms with van der Waals surface area (Å²) in [7, 11) is 1.68. The highest BCUT2D eigenvalue weighted by molar-refractivity contribution is 5.79. The molecule has 0 N–H and O–H groups in total. The van der Waals surface area contributed by atoms with Gasteiger partial charge in [-0.1, -0.05) is 11.6 Å². The Hall–Kier alpha value is -2.24. The summed E-state index contributed by atoms with van der Waals surface area (Å²) in [4.78, 5) is 12.2. The molecule has 0 unspecified atom stereocenters. The molecule has 2 rings (SSSR count). The van der Waals surface area contributed by atoms with Crippen LogP contribution >= 0.6 is 0 Å². The molecule has 0 aliphatic rings. The van der Waals surface area contributed by atoms with E-state index in [1.165, 1.54) is 4.80 Å². The van der Waals surface area contributed by atoms with Crippen LogP contribution in [0.3, 0.4) is 0 Å². The lowest BCUT2D eigenvalue weighted by atomic mass is 10.1. The third-order valence-electron chi connectivity index (χ3n) is 2.20. The number of ether oxygens (including phenoxy) is 1. The van der Waals surface area contributed by atoms with Gasteiger partial charge in [-0.2, -0.15) is 4.80 Å². The van der Waals surface area contributed by atoms with E-state index >= 15 is 0 Å². The molecule has 0 aliphatic carbocycles. The van der Waals surface area contributed by atoms with Gasteiger partial charge >= 0.3 is 0 Å². The Labute approximate surface area is 98.2 Å². The summed E-state index contributed by atoms with van der Waals surface area (Å²) in [5.74, 6) is 1.00. The maximum absolute atomic E-state index is 10.9. The summed E-state index contributed by atoms with van der Waals surface area (Å²) in [5.41, 5.74) is 1.53. The predicted octanol–water partition coefficient (Wildman–Crippen LogP) is 0.910. The zero-order valence-electron chi connectivity index (χ0n) is 9.62. The van der Waals surface area contributed by atoms with Gasteiger partial charge in [0, 0.05) is 0 Å². The lowest BCUT2D eigenvalue weighted by Gasteiger charge is -2.06. The van der Waals surface area contributed by atoms with Crippen molar-refractivity contribution >= 4 is 6.29 Å². The lowest BCUT2D eigenvalue weighted by Crippen LogP contribution is -2.01. The number of aldehydes is 1. The summed E-state index contributed by atoms with van der Waals surface area (Å²) >= 11 is 0. The largest absolute Gasteiger partial charge is 0.485 e. The number of tetrazole rings is 1. The van der Waals surface area contributed by atoms with Crippen LogP contribution in [-0.4, -0.2) is 26.5 Å². The van der Waals surface area contributed by atoms with Crippen molar-refractivity contribution < 1.29 is 9.53 Å². The minimum absolute atomic E-state index is 0.192. The summed E-state index contributed by atoms with van der Waals surface area (Å²) in [6.45, 7) is 2.11. The second-order valence-corrected chi connectivity index (χ2v) is 3.64. The Morgan fingerprint density at radius 1 is 1.47 bits per heavy atom. The van der Waals surface area contributed by atoms with Crippen molar-refractivity contribution in [2.24, 2.45) is 7.05 Å². The molecule has 1 aromatic carbocycles. The molecule has 6 nitrogen and oxygen atoms in total. The van der Waals surface area contributed by atoms with Crippen molar-refractivity contribution in [2.45, 2.75) is 13.5 Å². The van der Waals surface area contributed by atoms with Gasteiger partial charge in [0.15, 0.2) is 12.9 Å². The van der Waals surface area contributed by atoms with E-state index in [1.807, 2.05) is 13.0 Å². The van der Waals surface area contributed by atoms with Crippen molar-refractivity contribution in [1.82, 2.24) is 20.2 Å². The van der Waals surface area contributed by atoms with Crippen LogP contribution in [0.25, 0.3) is 0 Å². The van der Waals surface area contributed by atoms with Crippen molar-refractivity contribution in [1.29, 1.82) is 0 Å². The van der Waals surface area contributed by atoms with Crippen LogP contribution in [0.2, 0.25) is 0 Å². The maximum Gasteiger partial charge on any atom is 0.212 e. The number of benzene rings is 1. The Morgan fingerprint density at radius 3 is 2.94 bits per heavy atom. The topological polar surface area (TPSA) is 69.9 Å². The molecule has 17 heavy (non-hydrogen) atoms. The SMILES string of the molecule is Cc1ccc(OCc2nnn(C)n2)c(C=O)c1. The molecule has 6 heteroatoms. The van der Waals surface area contributed by atoms with Gasteiger partial charge in [-0.15, -0.1) is 10.2 Å². The van der Waals surface area contributed by atoms with E-state index in [0.29, 0.717) is 17.1 Å². The molecule has 2 aromatic rings. The third-order valence-corrected chi connectivity index (χ3v) is 2.20. The van der Waals surface area contributed by atoms with E-state index in [-0.39, 0.29) is 6.61 Å². The van der Waals surface area contributed by atoms with E-state index in [2.05, 4.69) is 15.4 Å². The first kappa shape index (κ1) is 11.3. The number of carbonyl (C=O) groups is 1. The average molecular weight is 232 g/mol. The first-order chi connectivity index (χ1) is 8.19. The highest BCUT2D eigenvalue weighted by Gasteiger charge is 2.06. The fraction of sp³-hybridized carbons (Fsp3) is 0.273. The monoisotopic (exact) mass is 232 g/mol. The van der Waals surface area contributed by atoms with Gasteiger partial charge in [-0.05, 0) is 24.3 Å². The zero-order chi connectivity index (χ0) is 12.3. The highest BCUT2D eigenvalue weighted by Crippen LogP contribution is 2.18. The van der Waals surface area contributed by atoms with Crippen LogP contribution in [0.5, 0.6) is 5.75 Å². The van der Waals surface area contributed by atoms with Gasteiger partial charge in [0.1, 0.15) is 5.75 Å². The average Bonchev–Trinajstić information content (AvgIpc) is 2.73. The maximum atomic E-state index is 10.9.